The first kappa shape index (κ1) is 8.72. The van der Waals surface area contributed by atoms with E-state index >= 15 is 0 Å². The molecule has 0 amide bonds. The van der Waals surface area contributed by atoms with Crippen LogP contribution in [0.25, 0.3) is 0 Å². The number of hydrogen-bond donors (Lipinski definition) is 1. The molecule has 0 bridgehead atoms. The summed E-state index contributed by atoms with van der Waals surface area (Å²) >= 11 is 0. The first-order chi connectivity index (χ1) is 5.84. The first-order valence-electron chi connectivity index (χ1n) is 4.08. The molecule has 0 saturated heterocycles. The third kappa shape index (κ3) is 2.35. The molecule has 1 rings (SSSR count). The van der Waals surface area contributed by atoms with Crippen molar-refractivity contribution in [1.29, 1.82) is 5.41 Å². The zero-order valence-corrected chi connectivity index (χ0v) is 7.25. The molecule has 0 unspecified atom stereocenters. The quantitative estimate of drug-likeness (QED) is 0.608. The van der Waals surface area contributed by atoms with E-state index in [0.717, 1.165) is 12.0 Å². The van der Waals surface area contributed by atoms with Gasteiger partial charge in [0.05, 0.1) is 0 Å². The second kappa shape index (κ2) is 4.50. The Morgan fingerprint density at radius 2 is 2.25 bits per heavy atom. The van der Waals surface area contributed by atoms with Gasteiger partial charge in [0.1, 0.15) is 0 Å². The minimum Gasteiger partial charge on any atom is -0.304 e. The highest BCUT2D eigenvalue weighted by molar-refractivity contribution is 6.01. The molecule has 62 valence electrons. The van der Waals surface area contributed by atoms with Gasteiger partial charge in [-0.1, -0.05) is 42.5 Å². The average molecular weight is 159 g/mol. The molecule has 0 radical (unpaired) electrons. The Hall–Kier alpha value is -1.37. The second-order valence-electron chi connectivity index (χ2n) is 2.62. The fourth-order valence-corrected chi connectivity index (χ4v) is 0.998. The smallest absolute Gasteiger partial charge is 0.0423 e. The van der Waals surface area contributed by atoms with Crippen LogP contribution in [0.3, 0.4) is 0 Å². The fraction of sp³-hybridized carbons (Fsp3) is 0.182. The van der Waals surface area contributed by atoms with Crippen LogP contribution >= 0.6 is 0 Å². The van der Waals surface area contributed by atoms with Crippen LogP contribution in [0.4, 0.5) is 0 Å². The summed E-state index contributed by atoms with van der Waals surface area (Å²) < 4.78 is 0. The summed E-state index contributed by atoms with van der Waals surface area (Å²) in [6.45, 7) is 1.97. The lowest BCUT2D eigenvalue weighted by molar-refractivity contribution is 1.37. The van der Waals surface area contributed by atoms with Crippen molar-refractivity contribution in [1.82, 2.24) is 0 Å². The van der Waals surface area contributed by atoms with Gasteiger partial charge in [0, 0.05) is 12.1 Å². The topological polar surface area (TPSA) is 23.9 Å². The summed E-state index contributed by atoms with van der Waals surface area (Å²) in [6, 6.07) is 0. The lowest BCUT2D eigenvalue weighted by atomic mass is 10.1. The van der Waals surface area contributed by atoms with Crippen molar-refractivity contribution in [3.05, 3.63) is 48.1 Å². The van der Waals surface area contributed by atoms with Crippen LogP contribution in [0.5, 0.6) is 0 Å². The summed E-state index contributed by atoms with van der Waals surface area (Å²) in [7, 11) is 0. The maximum absolute atomic E-state index is 7.66. The zero-order chi connectivity index (χ0) is 8.81. The van der Waals surface area contributed by atoms with Gasteiger partial charge in [0.25, 0.3) is 0 Å². The molecule has 0 aromatic heterocycles. The Morgan fingerprint density at radius 1 is 1.42 bits per heavy atom. The van der Waals surface area contributed by atoms with E-state index in [1.54, 1.807) is 0 Å². The highest BCUT2D eigenvalue weighted by atomic mass is 14.4. The molecule has 1 N–H and O–H groups in total. The SMILES string of the molecule is C/C=C/C=C1/C=CC=CCC1=N. The van der Waals surface area contributed by atoms with Crippen molar-refractivity contribution >= 4 is 5.71 Å². The molecule has 0 aromatic carbocycles. The van der Waals surface area contributed by atoms with E-state index < -0.39 is 0 Å². The van der Waals surface area contributed by atoms with Crippen LogP contribution in [0.15, 0.2) is 48.1 Å². The first-order valence-corrected chi connectivity index (χ1v) is 4.08. The second-order valence-corrected chi connectivity index (χ2v) is 2.62. The molecule has 0 aliphatic heterocycles. The molecule has 1 aliphatic rings. The van der Waals surface area contributed by atoms with E-state index in [1.165, 1.54) is 0 Å². The molecule has 0 atom stereocenters. The molecule has 12 heavy (non-hydrogen) atoms. The third-order valence-corrected chi connectivity index (χ3v) is 1.66. The molecular weight excluding hydrogens is 146 g/mol. The normalized spacial score (nSPS) is 20.8. The van der Waals surface area contributed by atoms with Crippen molar-refractivity contribution in [2.45, 2.75) is 13.3 Å². The molecule has 0 fully saturated rings. The van der Waals surface area contributed by atoms with Crippen LogP contribution in [-0.2, 0) is 0 Å². The van der Waals surface area contributed by atoms with Gasteiger partial charge in [-0.25, -0.2) is 0 Å². The van der Waals surface area contributed by atoms with Crippen LogP contribution in [0, 0.1) is 5.41 Å². The van der Waals surface area contributed by atoms with Gasteiger partial charge in [0.15, 0.2) is 0 Å². The summed E-state index contributed by atoms with van der Waals surface area (Å²) in [6.07, 6.45) is 14.5. The molecule has 0 heterocycles. The summed E-state index contributed by atoms with van der Waals surface area (Å²) in [5.74, 6) is 0. The number of allylic oxidation sites excluding steroid dienone is 8. The number of nitrogens with one attached hydrogen (secondary N) is 1. The van der Waals surface area contributed by atoms with Gasteiger partial charge in [-0.2, -0.15) is 0 Å². The van der Waals surface area contributed by atoms with Gasteiger partial charge in [-0.3, -0.25) is 0 Å². The maximum Gasteiger partial charge on any atom is 0.0423 e. The minimum absolute atomic E-state index is 0.679. The van der Waals surface area contributed by atoms with Crippen molar-refractivity contribution in [3.63, 3.8) is 0 Å². The van der Waals surface area contributed by atoms with Crippen molar-refractivity contribution in [2.75, 3.05) is 0 Å². The lowest BCUT2D eigenvalue weighted by Crippen LogP contribution is -1.95. The van der Waals surface area contributed by atoms with E-state index in [2.05, 4.69) is 0 Å². The zero-order valence-electron chi connectivity index (χ0n) is 7.25. The van der Waals surface area contributed by atoms with Gasteiger partial charge in [0.2, 0.25) is 0 Å². The van der Waals surface area contributed by atoms with Crippen LogP contribution < -0.4 is 0 Å². The van der Waals surface area contributed by atoms with E-state index in [0.29, 0.717) is 5.71 Å². The number of hydrogen-bond acceptors (Lipinski definition) is 1. The standard InChI is InChI=1S/C11H13N/c1-2-3-7-10-8-5-4-6-9-11(10)12/h2-8,12H,9H2,1H3/b3-2+,10-7-,12-11?. The van der Waals surface area contributed by atoms with Gasteiger partial charge < -0.3 is 5.41 Å². The minimum atomic E-state index is 0.679. The Balaban J connectivity index is 2.82. The van der Waals surface area contributed by atoms with Crippen LogP contribution in [0.1, 0.15) is 13.3 Å². The average Bonchev–Trinajstić information content (AvgIpc) is 2.27. The van der Waals surface area contributed by atoms with Crippen molar-refractivity contribution in [2.24, 2.45) is 0 Å². The van der Waals surface area contributed by atoms with Gasteiger partial charge in [-0.05, 0) is 12.5 Å². The predicted octanol–water partition coefficient (Wildman–Crippen LogP) is 3.02. The van der Waals surface area contributed by atoms with E-state index in [9.17, 15) is 0 Å². The molecule has 0 spiro atoms. The summed E-state index contributed by atoms with van der Waals surface area (Å²) in [5, 5.41) is 7.66. The van der Waals surface area contributed by atoms with E-state index in [1.807, 2.05) is 49.5 Å². The van der Waals surface area contributed by atoms with E-state index in [-0.39, 0.29) is 0 Å². The lowest BCUT2D eigenvalue weighted by Gasteiger charge is -1.97. The largest absolute Gasteiger partial charge is 0.304 e. The summed E-state index contributed by atoms with van der Waals surface area (Å²) in [4.78, 5) is 0. The predicted molar refractivity (Wildman–Crippen MR) is 53.5 cm³/mol. The van der Waals surface area contributed by atoms with Crippen LogP contribution in [0.2, 0.25) is 0 Å². The van der Waals surface area contributed by atoms with Crippen molar-refractivity contribution < 1.29 is 0 Å². The molecule has 1 aliphatic carbocycles. The molecule has 0 saturated carbocycles. The fourth-order valence-electron chi connectivity index (χ4n) is 0.998. The highest BCUT2D eigenvalue weighted by Crippen LogP contribution is 2.08. The molecule has 1 nitrogen and oxygen atoms in total. The van der Waals surface area contributed by atoms with E-state index in [4.69, 9.17) is 5.41 Å². The Bertz CT molecular complexity index is 277. The monoisotopic (exact) mass is 159 g/mol. The third-order valence-electron chi connectivity index (χ3n) is 1.66. The highest BCUT2D eigenvalue weighted by Gasteiger charge is 1.99. The van der Waals surface area contributed by atoms with Crippen molar-refractivity contribution in [3.8, 4) is 0 Å². The Morgan fingerprint density at radius 3 is 3.00 bits per heavy atom. The van der Waals surface area contributed by atoms with Gasteiger partial charge >= 0.3 is 0 Å². The Labute approximate surface area is 73.3 Å². The molecular formula is C11H13N. The number of rotatable bonds is 1. The van der Waals surface area contributed by atoms with Gasteiger partial charge in [-0.15, -0.1) is 0 Å². The molecule has 1 heteroatoms. The summed E-state index contributed by atoms with van der Waals surface area (Å²) in [5.41, 5.74) is 1.68. The maximum atomic E-state index is 7.66. The van der Waals surface area contributed by atoms with Crippen LogP contribution in [-0.4, -0.2) is 5.71 Å². The Kier molecular flexibility index (Phi) is 3.27. The molecule has 0 aromatic rings.